The van der Waals surface area contributed by atoms with Gasteiger partial charge in [-0.2, -0.15) is 5.21 Å². The summed E-state index contributed by atoms with van der Waals surface area (Å²) in [5, 5.41) is 22.5. The molecule has 1 aromatic heterocycles. The molecule has 1 aromatic carbocycles. The zero-order valence-corrected chi connectivity index (χ0v) is 11.1. The molecule has 0 spiro atoms. The van der Waals surface area contributed by atoms with Crippen LogP contribution in [-0.4, -0.2) is 46.7 Å². The molecule has 0 radical (unpaired) electrons. The Labute approximate surface area is 111 Å². The number of H-pyrrole nitrogens is 1. The first kappa shape index (κ1) is 13.7. The third kappa shape index (κ3) is 3.39. The third-order valence-electron chi connectivity index (χ3n) is 2.62. The van der Waals surface area contributed by atoms with Crippen LogP contribution in [0.3, 0.4) is 0 Å². The lowest BCUT2D eigenvalue weighted by Gasteiger charge is -2.05. The highest BCUT2D eigenvalue weighted by molar-refractivity contribution is 7.91. The van der Waals surface area contributed by atoms with Crippen LogP contribution < -0.4 is 0 Å². The molecule has 9 heteroatoms. The molecular weight excluding hydrogens is 267 g/mol. The lowest BCUT2D eigenvalue weighted by atomic mass is 9.69. The summed E-state index contributed by atoms with van der Waals surface area (Å²) >= 11 is 0. The van der Waals surface area contributed by atoms with Crippen molar-refractivity contribution in [2.24, 2.45) is 0 Å². The van der Waals surface area contributed by atoms with Crippen molar-refractivity contribution < 1.29 is 13.4 Å². The first-order chi connectivity index (χ1) is 8.99. The van der Waals surface area contributed by atoms with Gasteiger partial charge in [-0.15, -0.1) is 10.2 Å². The Balaban J connectivity index is 2.18. The van der Waals surface area contributed by atoms with Gasteiger partial charge in [-0.05, 0) is 35.8 Å². The van der Waals surface area contributed by atoms with Gasteiger partial charge >= 0.3 is 0 Å². The zero-order chi connectivity index (χ0) is 13.9. The lowest BCUT2D eigenvalue weighted by molar-refractivity contribution is 0.573. The molecule has 7 nitrogen and oxygen atoms in total. The van der Waals surface area contributed by atoms with E-state index in [9.17, 15) is 8.42 Å². The quantitative estimate of drug-likeness (QED) is 0.760. The number of tetrazole rings is 1. The molecule has 2 aromatic rings. The molecule has 0 aliphatic heterocycles. The Hall–Kier alpha value is -1.74. The van der Waals surface area contributed by atoms with Gasteiger partial charge in [0.1, 0.15) is 0 Å². The topological polar surface area (TPSA) is 109 Å². The highest BCUT2D eigenvalue weighted by Gasteiger charge is 2.17. The monoisotopic (exact) mass is 280 g/mol. The van der Waals surface area contributed by atoms with E-state index in [0.29, 0.717) is 11.4 Å². The molecule has 0 fully saturated rings. The van der Waals surface area contributed by atoms with E-state index in [4.69, 9.17) is 5.02 Å². The minimum Gasteiger partial charge on any atom is -0.451 e. The van der Waals surface area contributed by atoms with Crippen LogP contribution >= 0.6 is 0 Å². The molecule has 1 heterocycles. The summed E-state index contributed by atoms with van der Waals surface area (Å²) in [4.78, 5) is 0.223. The highest BCUT2D eigenvalue weighted by Crippen LogP contribution is 2.18. The summed E-state index contributed by atoms with van der Waals surface area (Å²) in [6, 6.07) is 6.26. The van der Waals surface area contributed by atoms with Gasteiger partial charge in [0, 0.05) is 5.56 Å². The van der Waals surface area contributed by atoms with Crippen LogP contribution in [0.25, 0.3) is 11.4 Å². The fourth-order valence-electron chi connectivity index (χ4n) is 1.54. The van der Waals surface area contributed by atoms with Crippen molar-refractivity contribution in [1.29, 1.82) is 0 Å². The normalized spacial score (nSPS) is 11.5. The SMILES string of the molecule is CB(O)CCS(=O)(=O)c1ccc(-c2nn[nH]n2)cc1. The van der Waals surface area contributed by atoms with Gasteiger partial charge in [0.05, 0.1) is 10.6 Å². The van der Waals surface area contributed by atoms with Crippen LogP contribution in [-0.2, 0) is 9.84 Å². The maximum Gasteiger partial charge on any atom is 0.286 e. The van der Waals surface area contributed by atoms with E-state index < -0.39 is 16.8 Å². The predicted octanol–water partition coefficient (Wildman–Crippen LogP) is 0.254. The Morgan fingerprint density at radius 2 is 2.00 bits per heavy atom. The average molecular weight is 280 g/mol. The second-order valence-electron chi connectivity index (χ2n) is 4.22. The highest BCUT2D eigenvalue weighted by atomic mass is 32.2. The predicted molar refractivity (Wildman–Crippen MR) is 70.3 cm³/mol. The standard InChI is InChI=1S/C10H13BN4O3S/c1-11(16)6-7-19(17,18)9-4-2-8(3-5-9)10-12-14-15-13-10/h2-5,16H,6-7H2,1H3,(H,12,13,14,15). The molecule has 100 valence electrons. The van der Waals surface area contributed by atoms with E-state index in [1.165, 1.54) is 12.1 Å². The summed E-state index contributed by atoms with van der Waals surface area (Å²) in [5.74, 6) is 0.333. The van der Waals surface area contributed by atoms with Crippen molar-refractivity contribution in [2.75, 3.05) is 5.75 Å². The number of rotatable bonds is 5. The molecular formula is C10H13BN4O3S. The summed E-state index contributed by atoms with van der Waals surface area (Å²) in [7, 11) is -3.37. The molecule has 0 aliphatic rings. The van der Waals surface area contributed by atoms with Gasteiger partial charge in [-0.25, -0.2) is 8.42 Å². The molecule has 2 rings (SSSR count). The van der Waals surface area contributed by atoms with Crippen molar-refractivity contribution in [3.63, 3.8) is 0 Å². The molecule has 0 saturated carbocycles. The van der Waals surface area contributed by atoms with Gasteiger partial charge < -0.3 is 5.02 Å². The van der Waals surface area contributed by atoms with Crippen LogP contribution in [0.2, 0.25) is 13.1 Å². The molecule has 0 unspecified atom stereocenters. The van der Waals surface area contributed by atoms with Crippen LogP contribution in [0, 0.1) is 0 Å². The Morgan fingerprint density at radius 1 is 1.32 bits per heavy atom. The number of nitrogens with one attached hydrogen (secondary N) is 1. The summed E-state index contributed by atoms with van der Waals surface area (Å²) in [6.07, 6.45) is 0.217. The minimum atomic E-state index is -3.37. The van der Waals surface area contributed by atoms with Crippen molar-refractivity contribution in [2.45, 2.75) is 18.0 Å². The summed E-state index contributed by atoms with van der Waals surface area (Å²) in [6.45, 7) is 0.933. The van der Waals surface area contributed by atoms with E-state index in [1.807, 2.05) is 0 Å². The van der Waals surface area contributed by atoms with Crippen LogP contribution in [0.15, 0.2) is 29.2 Å². The van der Waals surface area contributed by atoms with Crippen molar-refractivity contribution in [3.8, 4) is 11.4 Å². The van der Waals surface area contributed by atoms with Crippen LogP contribution in [0.4, 0.5) is 0 Å². The number of hydrogen-bond donors (Lipinski definition) is 2. The third-order valence-corrected chi connectivity index (χ3v) is 4.38. The molecule has 0 saturated heterocycles. The minimum absolute atomic E-state index is 0.0772. The molecule has 19 heavy (non-hydrogen) atoms. The molecule has 0 atom stereocenters. The number of nitrogens with zero attached hydrogens (tertiary/aromatic N) is 3. The van der Waals surface area contributed by atoms with Crippen LogP contribution in [0.1, 0.15) is 0 Å². The second-order valence-corrected chi connectivity index (χ2v) is 6.33. The lowest BCUT2D eigenvalue weighted by Crippen LogP contribution is -2.14. The first-order valence-electron chi connectivity index (χ1n) is 5.74. The fourth-order valence-corrected chi connectivity index (χ4v) is 2.98. The second kappa shape index (κ2) is 5.49. The van der Waals surface area contributed by atoms with Gasteiger partial charge in [0.15, 0.2) is 9.84 Å². The summed E-state index contributed by atoms with van der Waals surface area (Å²) in [5.41, 5.74) is 0.684. The van der Waals surface area contributed by atoms with Gasteiger partial charge in [-0.3, -0.25) is 0 Å². The fraction of sp³-hybridized carbons (Fsp3) is 0.300. The first-order valence-corrected chi connectivity index (χ1v) is 7.39. The van der Waals surface area contributed by atoms with E-state index >= 15 is 0 Å². The van der Waals surface area contributed by atoms with E-state index in [2.05, 4.69) is 20.6 Å². The van der Waals surface area contributed by atoms with E-state index in [1.54, 1.807) is 19.0 Å². The maximum atomic E-state index is 12.0. The van der Waals surface area contributed by atoms with Gasteiger partial charge in [0.2, 0.25) is 5.82 Å². The Bertz CT molecular complexity index is 625. The number of benzene rings is 1. The zero-order valence-electron chi connectivity index (χ0n) is 10.3. The Kier molecular flexibility index (Phi) is 3.96. The van der Waals surface area contributed by atoms with Gasteiger partial charge in [-0.1, -0.05) is 6.82 Å². The number of aromatic amines is 1. The molecule has 2 N–H and O–H groups in total. The van der Waals surface area contributed by atoms with E-state index in [0.717, 1.165) is 0 Å². The average Bonchev–Trinajstić information content (AvgIpc) is 2.91. The Morgan fingerprint density at radius 3 is 2.53 bits per heavy atom. The summed E-state index contributed by atoms with van der Waals surface area (Å²) < 4.78 is 23.9. The number of aromatic nitrogens is 4. The maximum absolute atomic E-state index is 12.0. The van der Waals surface area contributed by atoms with Crippen LogP contribution in [0.5, 0.6) is 0 Å². The molecule has 0 amide bonds. The molecule has 0 bridgehead atoms. The van der Waals surface area contributed by atoms with Crippen molar-refractivity contribution in [3.05, 3.63) is 24.3 Å². The number of sulfone groups is 1. The van der Waals surface area contributed by atoms with Crippen molar-refractivity contribution in [1.82, 2.24) is 20.6 Å². The largest absolute Gasteiger partial charge is 0.451 e. The number of hydrogen-bond acceptors (Lipinski definition) is 6. The van der Waals surface area contributed by atoms with E-state index in [-0.39, 0.29) is 17.0 Å². The smallest absolute Gasteiger partial charge is 0.286 e. The molecule has 0 aliphatic carbocycles. The van der Waals surface area contributed by atoms with Crippen molar-refractivity contribution >= 4 is 16.8 Å². The van der Waals surface area contributed by atoms with Gasteiger partial charge in [0.25, 0.3) is 6.92 Å².